The highest BCUT2D eigenvalue weighted by atomic mass is 16.6. The van der Waals surface area contributed by atoms with Crippen molar-refractivity contribution in [3.05, 3.63) is 15.9 Å². The predicted molar refractivity (Wildman–Crippen MR) is 67.2 cm³/mol. The molecule has 1 aliphatic heterocycles. The van der Waals surface area contributed by atoms with Crippen LogP contribution in [0.25, 0.3) is 0 Å². The summed E-state index contributed by atoms with van der Waals surface area (Å²) in [6, 6.07) is -0.742. The molecular formula is C11H16N4O4. The van der Waals surface area contributed by atoms with Crippen LogP contribution in [-0.2, 0) is 11.8 Å². The number of aromatic nitrogens is 2. The molecule has 1 aliphatic rings. The fraction of sp³-hybridized carbons (Fsp3) is 0.636. The number of aliphatic carboxylic acids is 1. The number of carboxylic acid groups (broad SMARTS) is 1. The molecule has 0 amide bonds. The molecule has 0 radical (unpaired) electrons. The number of anilines is 1. The lowest BCUT2D eigenvalue weighted by Gasteiger charge is -2.24. The molecule has 1 aromatic rings. The van der Waals surface area contributed by atoms with Crippen molar-refractivity contribution >= 4 is 17.6 Å². The van der Waals surface area contributed by atoms with Gasteiger partial charge in [-0.1, -0.05) is 6.92 Å². The number of hydrogen-bond donors (Lipinski definition) is 1. The van der Waals surface area contributed by atoms with Crippen LogP contribution in [0.1, 0.15) is 19.2 Å². The Kier molecular flexibility index (Phi) is 3.17. The molecule has 1 N–H and O–H groups in total. The Morgan fingerprint density at radius 1 is 1.58 bits per heavy atom. The maximum atomic E-state index is 11.4. The monoisotopic (exact) mass is 268 g/mol. The summed E-state index contributed by atoms with van der Waals surface area (Å²) < 4.78 is 1.58. The van der Waals surface area contributed by atoms with Crippen molar-refractivity contribution in [1.82, 2.24) is 9.55 Å². The van der Waals surface area contributed by atoms with Gasteiger partial charge >= 0.3 is 11.8 Å². The third kappa shape index (κ3) is 2.02. The van der Waals surface area contributed by atoms with E-state index in [1.807, 2.05) is 6.92 Å². The van der Waals surface area contributed by atoms with E-state index in [-0.39, 0.29) is 17.6 Å². The smallest absolute Gasteiger partial charge is 0.406 e. The minimum absolute atomic E-state index is 0.0488. The van der Waals surface area contributed by atoms with E-state index in [0.717, 1.165) is 0 Å². The highest BCUT2D eigenvalue weighted by Gasteiger charge is 2.42. The minimum atomic E-state index is -0.960. The number of aryl methyl sites for hydroxylation is 1. The average molecular weight is 268 g/mol. The molecule has 2 atom stereocenters. The van der Waals surface area contributed by atoms with Crippen molar-refractivity contribution in [2.24, 2.45) is 13.0 Å². The molecule has 0 bridgehead atoms. The standard InChI is InChI=1S/C11H16N4O4/c1-6-4-5-14(8(6)11(16)17)10-9(15(18)19)12-7(2)13(10)3/h6,8H,4-5H2,1-3H3,(H,16,17). The number of nitro groups is 1. The van der Waals surface area contributed by atoms with Crippen LogP contribution in [0.3, 0.4) is 0 Å². The van der Waals surface area contributed by atoms with Crippen molar-refractivity contribution in [1.29, 1.82) is 0 Å². The van der Waals surface area contributed by atoms with E-state index in [1.54, 1.807) is 23.4 Å². The molecular weight excluding hydrogens is 252 g/mol. The van der Waals surface area contributed by atoms with E-state index in [4.69, 9.17) is 0 Å². The van der Waals surface area contributed by atoms with Gasteiger partial charge in [-0.15, -0.1) is 0 Å². The Morgan fingerprint density at radius 3 is 2.74 bits per heavy atom. The van der Waals surface area contributed by atoms with Gasteiger partial charge in [-0.05, 0) is 22.2 Å². The Labute approximate surface area is 109 Å². The van der Waals surface area contributed by atoms with Crippen molar-refractivity contribution < 1.29 is 14.8 Å². The van der Waals surface area contributed by atoms with Crippen LogP contribution in [-0.4, -0.2) is 38.1 Å². The molecule has 104 valence electrons. The number of nitrogens with zero attached hydrogens (tertiary/aromatic N) is 4. The molecule has 2 unspecified atom stereocenters. The van der Waals surface area contributed by atoms with Gasteiger partial charge in [0.1, 0.15) is 6.04 Å². The summed E-state index contributed by atoms with van der Waals surface area (Å²) in [4.78, 5) is 27.3. The first-order valence-electron chi connectivity index (χ1n) is 6.01. The molecule has 19 heavy (non-hydrogen) atoms. The zero-order valence-corrected chi connectivity index (χ0v) is 11.0. The van der Waals surface area contributed by atoms with Gasteiger partial charge in [0, 0.05) is 20.5 Å². The molecule has 0 spiro atoms. The second kappa shape index (κ2) is 4.52. The van der Waals surface area contributed by atoms with Crippen molar-refractivity contribution in [3.8, 4) is 0 Å². The molecule has 8 heteroatoms. The minimum Gasteiger partial charge on any atom is -0.480 e. The summed E-state index contributed by atoms with van der Waals surface area (Å²) in [6.45, 7) is 3.98. The molecule has 0 aromatic carbocycles. The Morgan fingerprint density at radius 2 is 2.21 bits per heavy atom. The summed E-state index contributed by atoms with van der Waals surface area (Å²) in [7, 11) is 1.66. The van der Waals surface area contributed by atoms with Gasteiger partial charge in [-0.2, -0.15) is 0 Å². The lowest BCUT2D eigenvalue weighted by Crippen LogP contribution is -2.40. The van der Waals surface area contributed by atoms with Crippen molar-refractivity contribution in [3.63, 3.8) is 0 Å². The van der Waals surface area contributed by atoms with Gasteiger partial charge in [-0.3, -0.25) is 4.57 Å². The zero-order valence-electron chi connectivity index (χ0n) is 11.0. The first-order chi connectivity index (χ1) is 8.84. The SMILES string of the molecule is Cc1nc([N+](=O)[O-])c(N2CCC(C)C2C(=O)O)n1C. The quantitative estimate of drug-likeness (QED) is 0.646. The largest absolute Gasteiger partial charge is 0.480 e. The summed E-state index contributed by atoms with van der Waals surface area (Å²) in [5.41, 5.74) is 0. The number of hydrogen-bond acceptors (Lipinski definition) is 5. The van der Waals surface area contributed by atoms with E-state index in [9.17, 15) is 20.0 Å². The maximum absolute atomic E-state index is 11.4. The highest BCUT2D eigenvalue weighted by Crippen LogP contribution is 2.35. The topological polar surface area (TPSA) is 102 Å². The summed E-state index contributed by atoms with van der Waals surface area (Å²) in [5, 5.41) is 20.4. The zero-order chi connectivity index (χ0) is 14.3. The fourth-order valence-electron chi connectivity index (χ4n) is 2.59. The van der Waals surface area contributed by atoms with Gasteiger partial charge in [-0.25, -0.2) is 4.79 Å². The Bertz CT molecular complexity index is 539. The summed E-state index contributed by atoms with van der Waals surface area (Å²) in [6.07, 6.45) is 0.693. The van der Waals surface area contributed by atoms with Crippen molar-refractivity contribution in [2.75, 3.05) is 11.4 Å². The van der Waals surface area contributed by atoms with Gasteiger partial charge in [0.05, 0.1) is 0 Å². The second-order valence-corrected chi connectivity index (χ2v) is 4.86. The van der Waals surface area contributed by atoms with Gasteiger partial charge < -0.3 is 20.1 Å². The van der Waals surface area contributed by atoms with E-state index < -0.39 is 16.9 Å². The molecule has 0 saturated carbocycles. The highest BCUT2D eigenvalue weighted by molar-refractivity contribution is 5.80. The molecule has 1 fully saturated rings. The summed E-state index contributed by atoms with van der Waals surface area (Å²) in [5.74, 6) is -0.518. The molecule has 1 saturated heterocycles. The second-order valence-electron chi connectivity index (χ2n) is 4.86. The number of imidazole rings is 1. The van der Waals surface area contributed by atoms with E-state index in [0.29, 0.717) is 18.8 Å². The third-order valence-electron chi connectivity index (χ3n) is 3.67. The fourth-order valence-corrected chi connectivity index (χ4v) is 2.59. The van der Waals surface area contributed by atoms with Crippen LogP contribution < -0.4 is 4.90 Å². The number of carboxylic acids is 1. The van der Waals surface area contributed by atoms with Crippen LogP contribution in [0.4, 0.5) is 11.6 Å². The maximum Gasteiger partial charge on any atom is 0.406 e. The van der Waals surface area contributed by atoms with Crippen LogP contribution in [0.15, 0.2) is 0 Å². The van der Waals surface area contributed by atoms with E-state index >= 15 is 0 Å². The normalized spacial score (nSPS) is 22.8. The Hall–Kier alpha value is -2.12. The molecule has 2 heterocycles. The lowest BCUT2D eigenvalue weighted by atomic mass is 10.0. The molecule has 0 aliphatic carbocycles. The van der Waals surface area contributed by atoms with Gasteiger partial charge in [0.2, 0.25) is 11.6 Å². The van der Waals surface area contributed by atoms with Crippen LogP contribution in [0, 0.1) is 23.0 Å². The third-order valence-corrected chi connectivity index (χ3v) is 3.67. The molecule has 2 rings (SSSR count). The van der Waals surface area contributed by atoms with Gasteiger partial charge in [0.15, 0.2) is 0 Å². The lowest BCUT2D eigenvalue weighted by molar-refractivity contribution is -0.388. The van der Waals surface area contributed by atoms with Gasteiger partial charge in [0.25, 0.3) is 0 Å². The molecule has 1 aromatic heterocycles. The van der Waals surface area contributed by atoms with E-state index in [1.165, 1.54) is 0 Å². The van der Waals surface area contributed by atoms with Crippen LogP contribution in [0.5, 0.6) is 0 Å². The van der Waals surface area contributed by atoms with Crippen LogP contribution >= 0.6 is 0 Å². The summed E-state index contributed by atoms with van der Waals surface area (Å²) >= 11 is 0. The first-order valence-corrected chi connectivity index (χ1v) is 6.01. The predicted octanol–water partition coefficient (Wildman–Crippen LogP) is 0.936. The number of rotatable bonds is 3. The first kappa shape index (κ1) is 13.3. The number of carbonyl (C=O) groups is 1. The van der Waals surface area contributed by atoms with Crippen molar-refractivity contribution in [2.45, 2.75) is 26.3 Å². The average Bonchev–Trinajstić information content (AvgIpc) is 2.81. The van der Waals surface area contributed by atoms with E-state index in [2.05, 4.69) is 4.98 Å². The van der Waals surface area contributed by atoms with Crippen LogP contribution in [0.2, 0.25) is 0 Å². The molecule has 8 nitrogen and oxygen atoms in total. The Balaban J connectivity index is 2.52.